The molecule has 4 nitrogen and oxygen atoms in total. The van der Waals surface area contributed by atoms with Crippen molar-refractivity contribution in [2.75, 3.05) is 0 Å². The minimum atomic E-state index is -0.369. The minimum Gasteiger partial charge on any atom is -0.487 e. The van der Waals surface area contributed by atoms with Gasteiger partial charge >= 0.3 is 0 Å². The fourth-order valence-electron chi connectivity index (χ4n) is 1.69. The molecular weight excluding hydrogens is 299 g/mol. The van der Waals surface area contributed by atoms with Gasteiger partial charge in [0.1, 0.15) is 12.4 Å². The van der Waals surface area contributed by atoms with E-state index in [0.717, 1.165) is 0 Å². The maximum absolute atomic E-state index is 11.6. The molecule has 0 spiro atoms. The summed E-state index contributed by atoms with van der Waals surface area (Å²) in [4.78, 5) is 11.6. The van der Waals surface area contributed by atoms with Crippen molar-refractivity contribution in [3.8, 4) is 5.75 Å². The van der Waals surface area contributed by atoms with Gasteiger partial charge in [0.25, 0.3) is 5.91 Å². The van der Waals surface area contributed by atoms with Crippen molar-refractivity contribution in [1.82, 2.24) is 5.43 Å². The summed E-state index contributed by atoms with van der Waals surface area (Å²) in [5.41, 5.74) is 3.27. The molecule has 2 aromatic carbocycles. The quantitative estimate of drug-likeness (QED) is 0.518. The molecule has 104 valence electrons. The van der Waals surface area contributed by atoms with Gasteiger partial charge in [0.05, 0.1) is 5.02 Å². The normalized spacial score (nSPS) is 10.2. The Bertz CT molecular complexity index is 632. The van der Waals surface area contributed by atoms with Crippen LogP contribution in [0.3, 0.4) is 0 Å². The fraction of sp³-hybridized carbons (Fsp3) is 0.0714. The number of hydrogen-bond donors (Lipinski definition) is 2. The van der Waals surface area contributed by atoms with E-state index in [0.29, 0.717) is 26.9 Å². The van der Waals surface area contributed by atoms with Gasteiger partial charge in [0.15, 0.2) is 0 Å². The summed E-state index contributed by atoms with van der Waals surface area (Å²) in [5.74, 6) is 5.27. The number of carbonyl (C=O) groups is 1. The van der Waals surface area contributed by atoms with Crippen LogP contribution in [-0.4, -0.2) is 5.91 Å². The van der Waals surface area contributed by atoms with Crippen LogP contribution in [0.2, 0.25) is 10.0 Å². The molecule has 0 aromatic heterocycles. The number of hydrazine groups is 1. The molecule has 0 aliphatic carbocycles. The second-order valence-electron chi connectivity index (χ2n) is 3.99. The van der Waals surface area contributed by atoms with Crippen LogP contribution in [0.5, 0.6) is 5.75 Å². The number of rotatable bonds is 4. The lowest BCUT2D eigenvalue weighted by Crippen LogP contribution is -2.30. The van der Waals surface area contributed by atoms with Gasteiger partial charge in [-0.3, -0.25) is 10.2 Å². The summed E-state index contributed by atoms with van der Waals surface area (Å²) in [6.45, 7) is 0.199. The molecule has 0 fully saturated rings. The Labute approximate surface area is 126 Å². The van der Waals surface area contributed by atoms with Gasteiger partial charge in [0.2, 0.25) is 0 Å². The van der Waals surface area contributed by atoms with Crippen molar-refractivity contribution in [2.24, 2.45) is 5.84 Å². The first kappa shape index (κ1) is 14.7. The molecule has 0 heterocycles. The third kappa shape index (κ3) is 3.42. The third-order valence-corrected chi connectivity index (χ3v) is 3.20. The highest BCUT2D eigenvalue weighted by molar-refractivity contribution is 6.35. The Kier molecular flexibility index (Phi) is 4.84. The molecule has 0 bridgehead atoms. The number of nitrogens with two attached hydrogens (primary N) is 1. The van der Waals surface area contributed by atoms with Crippen LogP contribution in [-0.2, 0) is 6.61 Å². The first-order valence-corrected chi connectivity index (χ1v) is 6.54. The average Bonchev–Trinajstić information content (AvgIpc) is 2.46. The predicted molar refractivity (Wildman–Crippen MR) is 78.9 cm³/mol. The number of ether oxygens (including phenoxy) is 1. The SMILES string of the molecule is NNC(=O)c1ccccc1COc1ccc(Cl)cc1Cl. The number of benzene rings is 2. The second kappa shape index (κ2) is 6.61. The first-order chi connectivity index (χ1) is 9.61. The summed E-state index contributed by atoms with van der Waals surface area (Å²) < 4.78 is 5.60. The molecule has 3 N–H and O–H groups in total. The maximum atomic E-state index is 11.6. The Hall–Kier alpha value is -1.75. The number of carbonyl (C=O) groups excluding carboxylic acids is 1. The molecule has 0 unspecified atom stereocenters. The Balaban J connectivity index is 2.17. The van der Waals surface area contributed by atoms with Crippen LogP contribution in [0.4, 0.5) is 0 Å². The molecule has 6 heteroatoms. The van der Waals surface area contributed by atoms with Crippen LogP contribution in [0.25, 0.3) is 0 Å². The van der Waals surface area contributed by atoms with E-state index in [1.807, 2.05) is 6.07 Å². The summed E-state index contributed by atoms with van der Waals surface area (Å²) in [5, 5.41) is 0.948. The van der Waals surface area contributed by atoms with E-state index >= 15 is 0 Å². The Morgan fingerprint density at radius 1 is 1.20 bits per heavy atom. The Morgan fingerprint density at radius 3 is 2.65 bits per heavy atom. The molecule has 1 amide bonds. The van der Waals surface area contributed by atoms with E-state index < -0.39 is 0 Å². The van der Waals surface area contributed by atoms with E-state index in [4.69, 9.17) is 33.8 Å². The molecule has 2 aromatic rings. The first-order valence-electron chi connectivity index (χ1n) is 5.78. The molecular formula is C14H12Cl2N2O2. The molecule has 0 atom stereocenters. The van der Waals surface area contributed by atoms with Crippen molar-refractivity contribution in [3.63, 3.8) is 0 Å². The number of amides is 1. The predicted octanol–water partition coefficient (Wildman–Crippen LogP) is 3.18. The zero-order valence-electron chi connectivity index (χ0n) is 10.4. The smallest absolute Gasteiger partial charge is 0.265 e. The lowest BCUT2D eigenvalue weighted by atomic mass is 10.1. The largest absolute Gasteiger partial charge is 0.487 e. The summed E-state index contributed by atoms with van der Waals surface area (Å²) in [6.07, 6.45) is 0. The molecule has 20 heavy (non-hydrogen) atoms. The van der Waals surface area contributed by atoms with Crippen molar-refractivity contribution in [2.45, 2.75) is 6.61 Å². The van der Waals surface area contributed by atoms with Crippen LogP contribution < -0.4 is 16.0 Å². The van der Waals surface area contributed by atoms with Gasteiger partial charge in [-0.1, -0.05) is 41.4 Å². The topological polar surface area (TPSA) is 64.3 Å². The summed E-state index contributed by atoms with van der Waals surface area (Å²) >= 11 is 11.8. The highest BCUT2D eigenvalue weighted by atomic mass is 35.5. The molecule has 0 aliphatic rings. The standard InChI is InChI=1S/C14H12Cl2N2O2/c15-10-5-6-13(12(16)7-10)20-8-9-3-1-2-4-11(9)14(19)18-17/h1-7H,8,17H2,(H,18,19). The molecule has 0 aliphatic heterocycles. The third-order valence-electron chi connectivity index (χ3n) is 2.67. The minimum absolute atomic E-state index is 0.199. The van der Waals surface area contributed by atoms with Crippen LogP contribution in [0, 0.1) is 0 Å². The Morgan fingerprint density at radius 2 is 1.95 bits per heavy atom. The summed E-state index contributed by atoms with van der Waals surface area (Å²) in [7, 11) is 0. The van der Waals surface area contributed by atoms with Crippen LogP contribution in [0.1, 0.15) is 15.9 Å². The van der Waals surface area contributed by atoms with Crippen molar-refractivity contribution in [3.05, 3.63) is 63.6 Å². The monoisotopic (exact) mass is 310 g/mol. The highest BCUT2D eigenvalue weighted by Crippen LogP contribution is 2.28. The lowest BCUT2D eigenvalue weighted by Gasteiger charge is -2.11. The molecule has 0 radical (unpaired) electrons. The van der Waals surface area contributed by atoms with E-state index in [-0.39, 0.29) is 12.5 Å². The van der Waals surface area contributed by atoms with Crippen molar-refractivity contribution < 1.29 is 9.53 Å². The van der Waals surface area contributed by atoms with Gasteiger partial charge in [-0.15, -0.1) is 0 Å². The van der Waals surface area contributed by atoms with E-state index in [1.165, 1.54) is 0 Å². The zero-order chi connectivity index (χ0) is 14.5. The number of nitrogens with one attached hydrogen (secondary N) is 1. The number of hydrogen-bond acceptors (Lipinski definition) is 3. The number of halogens is 2. The van der Waals surface area contributed by atoms with E-state index in [9.17, 15) is 4.79 Å². The van der Waals surface area contributed by atoms with E-state index in [2.05, 4.69) is 5.43 Å². The van der Waals surface area contributed by atoms with Crippen molar-refractivity contribution in [1.29, 1.82) is 0 Å². The number of nitrogen functional groups attached to an aromatic ring is 1. The average molecular weight is 311 g/mol. The van der Waals surface area contributed by atoms with Gasteiger partial charge in [-0.05, 0) is 24.3 Å². The van der Waals surface area contributed by atoms with Gasteiger partial charge in [0, 0.05) is 16.1 Å². The summed E-state index contributed by atoms with van der Waals surface area (Å²) in [6, 6.07) is 12.0. The second-order valence-corrected chi connectivity index (χ2v) is 4.84. The van der Waals surface area contributed by atoms with Gasteiger partial charge in [-0.2, -0.15) is 0 Å². The van der Waals surface area contributed by atoms with Crippen LogP contribution >= 0.6 is 23.2 Å². The zero-order valence-corrected chi connectivity index (χ0v) is 11.9. The van der Waals surface area contributed by atoms with E-state index in [1.54, 1.807) is 36.4 Å². The van der Waals surface area contributed by atoms with Crippen LogP contribution in [0.15, 0.2) is 42.5 Å². The highest BCUT2D eigenvalue weighted by Gasteiger charge is 2.10. The lowest BCUT2D eigenvalue weighted by molar-refractivity contribution is 0.0951. The molecule has 0 saturated heterocycles. The van der Waals surface area contributed by atoms with Gasteiger partial charge in [-0.25, -0.2) is 5.84 Å². The van der Waals surface area contributed by atoms with Crippen molar-refractivity contribution >= 4 is 29.1 Å². The fourth-order valence-corrected chi connectivity index (χ4v) is 2.16. The maximum Gasteiger partial charge on any atom is 0.265 e. The molecule has 2 rings (SSSR count). The molecule has 0 saturated carbocycles. The van der Waals surface area contributed by atoms with Gasteiger partial charge < -0.3 is 4.74 Å².